The second-order valence-corrected chi connectivity index (χ2v) is 10.1. The molecule has 0 spiro atoms. The van der Waals surface area contributed by atoms with E-state index in [2.05, 4.69) is 25.8 Å². The molecule has 0 radical (unpaired) electrons. The minimum absolute atomic E-state index is 0.0287. The summed E-state index contributed by atoms with van der Waals surface area (Å²) in [7, 11) is -3.56. The molecule has 7 heteroatoms. The van der Waals surface area contributed by atoms with Gasteiger partial charge in [0.15, 0.2) is 0 Å². The van der Waals surface area contributed by atoms with Gasteiger partial charge in [-0.05, 0) is 42.2 Å². The molecule has 6 nitrogen and oxygen atoms in total. The molecule has 1 aromatic heterocycles. The van der Waals surface area contributed by atoms with E-state index in [0.29, 0.717) is 23.5 Å². The Bertz CT molecular complexity index is 938. The molecule has 3 rings (SSSR count). The van der Waals surface area contributed by atoms with E-state index in [1.165, 1.54) is 4.31 Å². The van der Waals surface area contributed by atoms with Gasteiger partial charge >= 0.3 is 0 Å². The Morgan fingerprint density at radius 2 is 1.57 bits per heavy atom. The molecule has 0 aliphatic carbocycles. The standard InChI is InChI=1S/C21H27N3O3S/c1-16-5-6-17(15-22-16)20(25)23-11-13-24(14-12-23)28(26,27)19-9-7-18(8-10-19)21(2,3)4/h5-10,15H,11-14H2,1-4H3. The lowest BCUT2D eigenvalue weighted by Gasteiger charge is -2.34. The molecule has 1 aliphatic heterocycles. The summed E-state index contributed by atoms with van der Waals surface area (Å²) in [6.07, 6.45) is 1.57. The van der Waals surface area contributed by atoms with Crippen molar-refractivity contribution in [1.29, 1.82) is 0 Å². The lowest BCUT2D eigenvalue weighted by Crippen LogP contribution is -2.50. The SMILES string of the molecule is Cc1ccc(C(=O)N2CCN(S(=O)(=O)c3ccc(C(C)(C)C)cc3)CC2)cn1. The molecule has 1 aromatic carbocycles. The third-order valence-corrected chi connectivity index (χ3v) is 6.96. The fourth-order valence-electron chi connectivity index (χ4n) is 3.18. The molecule has 0 unspecified atom stereocenters. The summed E-state index contributed by atoms with van der Waals surface area (Å²) in [6.45, 7) is 9.45. The molecule has 2 aromatic rings. The van der Waals surface area contributed by atoms with Crippen LogP contribution in [0.5, 0.6) is 0 Å². The van der Waals surface area contributed by atoms with Crippen LogP contribution in [0.4, 0.5) is 0 Å². The van der Waals surface area contributed by atoms with Crippen LogP contribution in [0.2, 0.25) is 0 Å². The third-order valence-electron chi connectivity index (χ3n) is 5.04. The number of carbonyl (C=O) groups excluding carboxylic acids is 1. The Morgan fingerprint density at radius 3 is 2.07 bits per heavy atom. The Labute approximate surface area is 167 Å². The summed E-state index contributed by atoms with van der Waals surface area (Å²) in [5, 5.41) is 0. The average Bonchev–Trinajstić information content (AvgIpc) is 2.67. The lowest BCUT2D eigenvalue weighted by atomic mass is 9.87. The predicted molar refractivity (Wildman–Crippen MR) is 109 cm³/mol. The third kappa shape index (κ3) is 4.25. The van der Waals surface area contributed by atoms with Gasteiger partial charge in [-0.1, -0.05) is 32.9 Å². The number of benzene rings is 1. The van der Waals surface area contributed by atoms with Gasteiger partial charge in [-0.15, -0.1) is 0 Å². The van der Waals surface area contributed by atoms with Gasteiger partial charge in [-0.25, -0.2) is 8.42 Å². The summed E-state index contributed by atoms with van der Waals surface area (Å²) >= 11 is 0. The molecule has 0 N–H and O–H groups in total. The number of rotatable bonds is 3. The number of piperazine rings is 1. The summed E-state index contributed by atoms with van der Waals surface area (Å²) in [5.74, 6) is -0.112. The topological polar surface area (TPSA) is 70.6 Å². The van der Waals surface area contributed by atoms with Gasteiger partial charge in [0.25, 0.3) is 5.91 Å². The second-order valence-electron chi connectivity index (χ2n) is 8.16. The van der Waals surface area contributed by atoms with Crippen molar-refractivity contribution in [3.8, 4) is 0 Å². The van der Waals surface area contributed by atoms with Crippen molar-refractivity contribution in [3.63, 3.8) is 0 Å². The first-order valence-corrected chi connectivity index (χ1v) is 10.9. The zero-order chi connectivity index (χ0) is 20.5. The fourth-order valence-corrected chi connectivity index (χ4v) is 4.61. The first-order valence-electron chi connectivity index (χ1n) is 9.42. The van der Waals surface area contributed by atoms with Crippen LogP contribution in [-0.2, 0) is 15.4 Å². The molecule has 0 atom stereocenters. The highest BCUT2D eigenvalue weighted by Gasteiger charge is 2.30. The highest BCUT2D eigenvalue weighted by atomic mass is 32.2. The van der Waals surface area contributed by atoms with Gasteiger partial charge in [-0.2, -0.15) is 4.31 Å². The van der Waals surface area contributed by atoms with Crippen molar-refractivity contribution in [3.05, 3.63) is 59.4 Å². The molecule has 0 bridgehead atoms. The Morgan fingerprint density at radius 1 is 0.964 bits per heavy atom. The quantitative estimate of drug-likeness (QED) is 0.793. The summed E-state index contributed by atoms with van der Waals surface area (Å²) in [4.78, 5) is 18.7. The van der Waals surface area contributed by atoms with E-state index in [1.54, 1.807) is 35.4 Å². The zero-order valence-electron chi connectivity index (χ0n) is 16.8. The van der Waals surface area contributed by atoms with Gasteiger partial charge in [0.2, 0.25) is 10.0 Å². The molecule has 28 heavy (non-hydrogen) atoms. The van der Waals surface area contributed by atoms with Crippen LogP contribution in [0, 0.1) is 6.92 Å². The number of amides is 1. The van der Waals surface area contributed by atoms with Gasteiger partial charge in [0.05, 0.1) is 10.5 Å². The van der Waals surface area contributed by atoms with E-state index in [-0.39, 0.29) is 24.4 Å². The summed E-state index contributed by atoms with van der Waals surface area (Å²) in [6, 6.07) is 10.6. The average molecular weight is 402 g/mol. The Kier molecular flexibility index (Phi) is 5.59. The largest absolute Gasteiger partial charge is 0.336 e. The smallest absolute Gasteiger partial charge is 0.255 e. The normalized spacial score (nSPS) is 16.2. The summed E-state index contributed by atoms with van der Waals surface area (Å²) < 4.78 is 27.3. The van der Waals surface area contributed by atoms with Crippen LogP contribution < -0.4 is 0 Å². The van der Waals surface area contributed by atoms with Gasteiger partial charge in [0.1, 0.15) is 0 Å². The van der Waals surface area contributed by atoms with Crippen LogP contribution >= 0.6 is 0 Å². The predicted octanol–water partition coefficient (Wildman–Crippen LogP) is 2.83. The van der Waals surface area contributed by atoms with Crippen molar-refractivity contribution in [1.82, 2.24) is 14.2 Å². The minimum atomic E-state index is -3.56. The zero-order valence-corrected chi connectivity index (χ0v) is 17.7. The van der Waals surface area contributed by atoms with Crippen LogP contribution in [0.25, 0.3) is 0 Å². The maximum atomic E-state index is 12.9. The maximum Gasteiger partial charge on any atom is 0.255 e. The number of carbonyl (C=O) groups is 1. The number of pyridine rings is 1. The number of aryl methyl sites for hydroxylation is 1. The lowest BCUT2D eigenvalue weighted by molar-refractivity contribution is 0.0697. The molecule has 2 heterocycles. The van der Waals surface area contributed by atoms with Crippen molar-refractivity contribution >= 4 is 15.9 Å². The van der Waals surface area contributed by atoms with E-state index in [1.807, 2.05) is 19.1 Å². The Hall–Kier alpha value is -2.25. The number of nitrogens with zero attached hydrogens (tertiary/aromatic N) is 3. The molecule has 1 amide bonds. The van der Waals surface area contributed by atoms with Crippen LogP contribution in [0.3, 0.4) is 0 Å². The van der Waals surface area contributed by atoms with Crippen molar-refractivity contribution < 1.29 is 13.2 Å². The van der Waals surface area contributed by atoms with E-state index >= 15 is 0 Å². The highest BCUT2D eigenvalue weighted by molar-refractivity contribution is 7.89. The monoisotopic (exact) mass is 401 g/mol. The molecule has 1 aliphatic rings. The van der Waals surface area contributed by atoms with Crippen molar-refractivity contribution in [2.75, 3.05) is 26.2 Å². The minimum Gasteiger partial charge on any atom is -0.336 e. The molecule has 1 saturated heterocycles. The first kappa shape index (κ1) is 20.5. The molecule has 1 fully saturated rings. The van der Waals surface area contributed by atoms with E-state index < -0.39 is 10.0 Å². The van der Waals surface area contributed by atoms with E-state index in [4.69, 9.17) is 0 Å². The number of sulfonamides is 1. The van der Waals surface area contributed by atoms with Crippen LogP contribution in [-0.4, -0.2) is 54.7 Å². The first-order chi connectivity index (χ1) is 13.1. The number of hydrogen-bond acceptors (Lipinski definition) is 4. The van der Waals surface area contributed by atoms with E-state index in [9.17, 15) is 13.2 Å². The number of aromatic nitrogens is 1. The Balaban J connectivity index is 1.68. The van der Waals surface area contributed by atoms with Crippen molar-refractivity contribution in [2.24, 2.45) is 0 Å². The second kappa shape index (κ2) is 7.64. The van der Waals surface area contributed by atoms with E-state index in [0.717, 1.165) is 11.3 Å². The number of hydrogen-bond donors (Lipinski definition) is 0. The molecule has 150 valence electrons. The molecular formula is C21H27N3O3S. The highest BCUT2D eigenvalue weighted by Crippen LogP contribution is 2.25. The fraction of sp³-hybridized carbons (Fsp3) is 0.429. The van der Waals surface area contributed by atoms with Crippen LogP contribution in [0.1, 0.15) is 42.4 Å². The summed E-state index contributed by atoms with van der Waals surface area (Å²) in [5.41, 5.74) is 2.44. The van der Waals surface area contributed by atoms with Gasteiger partial charge in [0, 0.05) is 38.1 Å². The maximum absolute atomic E-state index is 12.9. The molecule has 0 saturated carbocycles. The van der Waals surface area contributed by atoms with Gasteiger partial charge < -0.3 is 4.90 Å². The van der Waals surface area contributed by atoms with Crippen LogP contribution in [0.15, 0.2) is 47.5 Å². The van der Waals surface area contributed by atoms with Gasteiger partial charge in [-0.3, -0.25) is 9.78 Å². The molecular weight excluding hydrogens is 374 g/mol. The van der Waals surface area contributed by atoms with Crippen molar-refractivity contribution in [2.45, 2.75) is 38.0 Å².